The smallest absolute Gasteiger partial charge is 0.356 e. The maximum absolute atomic E-state index is 12.0. The molecule has 0 bridgehead atoms. The van der Waals surface area contributed by atoms with Crippen LogP contribution in [0.15, 0.2) is 39.7 Å². The van der Waals surface area contributed by atoms with Crippen molar-refractivity contribution in [3.8, 4) is 0 Å². The van der Waals surface area contributed by atoms with E-state index in [2.05, 4.69) is 42.2 Å². The Balaban J connectivity index is 1.90. The van der Waals surface area contributed by atoms with Gasteiger partial charge in [-0.05, 0) is 34.1 Å². The van der Waals surface area contributed by atoms with Gasteiger partial charge in [-0.15, -0.1) is 0 Å². The number of carboxylic acid groups (broad SMARTS) is 1. The molecule has 2 N–H and O–H groups in total. The molecule has 1 amide bonds. The molecule has 8 heteroatoms. The number of amides is 1. The lowest BCUT2D eigenvalue weighted by Gasteiger charge is -2.07. The minimum Gasteiger partial charge on any atom is -0.476 e. The Hall–Kier alpha value is -1.67. The Morgan fingerprint density at radius 1 is 1.33 bits per heavy atom. The van der Waals surface area contributed by atoms with Gasteiger partial charge in [0.25, 0.3) is 5.91 Å². The van der Waals surface area contributed by atoms with Gasteiger partial charge in [-0.3, -0.25) is 4.79 Å². The third kappa shape index (κ3) is 4.15. The number of halogens is 2. The molecule has 0 atom stereocenters. The van der Waals surface area contributed by atoms with Gasteiger partial charge < -0.3 is 15.0 Å². The van der Waals surface area contributed by atoms with Crippen molar-refractivity contribution < 1.29 is 14.7 Å². The molecule has 0 spiro atoms. The Morgan fingerprint density at radius 2 is 2.10 bits per heavy atom. The number of hydrogen-bond acceptors (Lipinski definition) is 3. The minimum absolute atomic E-state index is 0.0167. The van der Waals surface area contributed by atoms with Crippen molar-refractivity contribution >= 4 is 43.7 Å². The van der Waals surface area contributed by atoms with Crippen molar-refractivity contribution in [2.24, 2.45) is 0 Å². The van der Waals surface area contributed by atoms with Crippen molar-refractivity contribution in [2.75, 3.05) is 6.54 Å². The summed E-state index contributed by atoms with van der Waals surface area (Å²) < 4.78 is 3.19. The lowest BCUT2D eigenvalue weighted by molar-refractivity contribution is 0.0690. The molecule has 0 saturated heterocycles. The van der Waals surface area contributed by atoms with Crippen LogP contribution in [0.5, 0.6) is 0 Å². The van der Waals surface area contributed by atoms with Crippen molar-refractivity contribution in [3.63, 3.8) is 0 Å². The lowest BCUT2D eigenvalue weighted by Crippen LogP contribution is -2.27. The summed E-state index contributed by atoms with van der Waals surface area (Å²) in [5.41, 5.74) is 0.520. The van der Waals surface area contributed by atoms with Gasteiger partial charge in [0, 0.05) is 28.2 Å². The van der Waals surface area contributed by atoms with Crippen LogP contribution in [-0.4, -0.2) is 33.1 Å². The molecular formula is C13H11Br2N3O3. The van der Waals surface area contributed by atoms with Gasteiger partial charge in [0.05, 0.1) is 11.9 Å². The van der Waals surface area contributed by atoms with E-state index in [1.807, 2.05) is 0 Å². The van der Waals surface area contributed by atoms with Crippen molar-refractivity contribution in [1.82, 2.24) is 14.9 Å². The number of hydrogen-bond donors (Lipinski definition) is 2. The second-order valence-electron chi connectivity index (χ2n) is 4.18. The summed E-state index contributed by atoms with van der Waals surface area (Å²) in [6.45, 7) is 0.816. The maximum Gasteiger partial charge on any atom is 0.356 e. The largest absolute Gasteiger partial charge is 0.476 e. The third-order valence-electron chi connectivity index (χ3n) is 2.68. The van der Waals surface area contributed by atoms with E-state index in [1.165, 1.54) is 12.5 Å². The first-order valence-corrected chi connectivity index (χ1v) is 7.54. The first kappa shape index (κ1) is 15.7. The number of carbonyl (C=O) groups excluding carboxylic acids is 1. The Labute approximate surface area is 137 Å². The minimum atomic E-state index is -1.07. The van der Waals surface area contributed by atoms with Gasteiger partial charge in [-0.2, -0.15) is 0 Å². The van der Waals surface area contributed by atoms with E-state index in [4.69, 9.17) is 5.11 Å². The van der Waals surface area contributed by atoms with E-state index in [0.717, 1.165) is 4.47 Å². The molecule has 0 saturated carbocycles. The van der Waals surface area contributed by atoms with Crippen molar-refractivity contribution in [2.45, 2.75) is 6.54 Å². The highest BCUT2D eigenvalue weighted by atomic mass is 79.9. The molecule has 6 nitrogen and oxygen atoms in total. The average molecular weight is 417 g/mol. The standard InChI is InChI=1S/C13H11Br2N3O3/c14-8-1-2-9(10(15)5-8)12(19)16-3-4-18-6-11(13(20)21)17-7-18/h1-2,5-7H,3-4H2,(H,16,19)(H,20,21). The predicted octanol–water partition coefficient (Wildman–Crippen LogP) is 2.54. The number of carbonyl (C=O) groups is 2. The van der Waals surface area contributed by atoms with Gasteiger partial charge in [0.15, 0.2) is 5.69 Å². The van der Waals surface area contributed by atoms with E-state index >= 15 is 0 Å². The molecule has 0 unspecified atom stereocenters. The van der Waals surface area contributed by atoms with E-state index in [9.17, 15) is 9.59 Å². The summed E-state index contributed by atoms with van der Waals surface area (Å²) >= 11 is 6.66. The molecule has 110 valence electrons. The van der Waals surface area contributed by atoms with Crippen molar-refractivity contribution in [3.05, 3.63) is 50.9 Å². The summed E-state index contributed by atoms with van der Waals surface area (Å²) in [6.07, 6.45) is 2.84. The van der Waals surface area contributed by atoms with Crippen LogP contribution in [-0.2, 0) is 6.54 Å². The van der Waals surface area contributed by atoms with Gasteiger partial charge >= 0.3 is 5.97 Å². The maximum atomic E-state index is 12.0. The predicted molar refractivity (Wildman–Crippen MR) is 83.4 cm³/mol. The number of nitrogens with zero attached hydrogens (tertiary/aromatic N) is 2. The van der Waals surface area contributed by atoms with E-state index in [1.54, 1.807) is 22.8 Å². The van der Waals surface area contributed by atoms with Crippen LogP contribution in [0.2, 0.25) is 0 Å². The van der Waals surface area contributed by atoms with Gasteiger partial charge in [0.2, 0.25) is 0 Å². The number of benzene rings is 1. The zero-order chi connectivity index (χ0) is 15.4. The summed E-state index contributed by atoms with van der Waals surface area (Å²) in [6, 6.07) is 5.29. The number of imidazole rings is 1. The highest BCUT2D eigenvalue weighted by Gasteiger charge is 2.10. The first-order chi connectivity index (χ1) is 9.97. The highest BCUT2D eigenvalue weighted by Crippen LogP contribution is 2.21. The first-order valence-electron chi connectivity index (χ1n) is 5.95. The molecule has 0 radical (unpaired) electrons. The van der Waals surface area contributed by atoms with Gasteiger partial charge in [0.1, 0.15) is 0 Å². The van der Waals surface area contributed by atoms with Crippen molar-refractivity contribution in [1.29, 1.82) is 0 Å². The van der Waals surface area contributed by atoms with Crippen LogP contribution < -0.4 is 5.32 Å². The number of carboxylic acids is 1. The number of aromatic nitrogens is 2. The number of nitrogens with one attached hydrogen (secondary N) is 1. The molecule has 21 heavy (non-hydrogen) atoms. The molecular weight excluding hydrogens is 406 g/mol. The number of aromatic carboxylic acids is 1. The molecule has 2 aromatic rings. The quantitative estimate of drug-likeness (QED) is 0.784. The van der Waals surface area contributed by atoms with E-state index in [0.29, 0.717) is 23.1 Å². The average Bonchev–Trinajstić information content (AvgIpc) is 2.87. The van der Waals surface area contributed by atoms with Crippen LogP contribution in [0.25, 0.3) is 0 Å². The molecule has 0 fully saturated rings. The van der Waals surface area contributed by atoms with Gasteiger partial charge in [-0.25, -0.2) is 9.78 Å². The molecule has 2 rings (SSSR count). The highest BCUT2D eigenvalue weighted by molar-refractivity contribution is 9.11. The molecule has 0 aliphatic heterocycles. The van der Waals surface area contributed by atoms with Crippen LogP contribution in [0.4, 0.5) is 0 Å². The fourth-order valence-corrected chi connectivity index (χ4v) is 2.89. The molecule has 1 aromatic heterocycles. The lowest BCUT2D eigenvalue weighted by atomic mass is 10.2. The third-order valence-corrected chi connectivity index (χ3v) is 3.83. The summed E-state index contributed by atoms with van der Waals surface area (Å²) in [5.74, 6) is -1.27. The monoisotopic (exact) mass is 415 g/mol. The molecule has 1 aromatic carbocycles. The second-order valence-corrected chi connectivity index (χ2v) is 5.95. The van der Waals surface area contributed by atoms with E-state index in [-0.39, 0.29) is 11.6 Å². The zero-order valence-corrected chi connectivity index (χ0v) is 13.9. The SMILES string of the molecule is O=C(O)c1cn(CCNC(=O)c2ccc(Br)cc2Br)cn1. The van der Waals surface area contributed by atoms with Crippen LogP contribution in [0.3, 0.4) is 0 Å². The Kier molecular flexibility index (Phi) is 5.13. The number of rotatable bonds is 5. The zero-order valence-electron chi connectivity index (χ0n) is 10.7. The Bertz CT molecular complexity index is 685. The molecule has 1 heterocycles. The van der Waals surface area contributed by atoms with Crippen LogP contribution in [0, 0.1) is 0 Å². The van der Waals surface area contributed by atoms with Crippen LogP contribution >= 0.6 is 31.9 Å². The van der Waals surface area contributed by atoms with Crippen LogP contribution in [0.1, 0.15) is 20.8 Å². The van der Waals surface area contributed by atoms with Gasteiger partial charge in [-0.1, -0.05) is 15.9 Å². The molecule has 0 aliphatic rings. The normalized spacial score (nSPS) is 10.4. The van der Waals surface area contributed by atoms with E-state index < -0.39 is 5.97 Å². The second kappa shape index (κ2) is 6.86. The summed E-state index contributed by atoms with van der Waals surface area (Å²) in [7, 11) is 0. The topological polar surface area (TPSA) is 84.2 Å². The Morgan fingerprint density at radius 3 is 2.71 bits per heavy atom. The summed E-state index contributed by atoms with van der Waals surface area (Å²) in [4.78, 5) is 26.4. The fraction of sp³-hybridized carbons (Fsp3) is 0.154. The molecule has 0 aliphatic carbocycles. The summed E-state index contributed by atoms with van der Waals surface area (Å²) in [5, 5.41) is 11.5. The fourth-order valence-electron chi connectivity index (χ4n) is 1.66.